The van der Waals surface area contributed by atoms with Gasteiger partial charge in [-0.05, 0) is 55.5 Å². The molecule has 1 atom stereocenters. The van der Waals surface area contributed by atoms with E-state index < -0.39 is 0 Å². The first kappa shape index (κ1) is 24.4. The van der Waals surface area contributed by atoms with E-state index in [4.69, 9.17) is 0 Å². The van der Waals surface area contributed by atoms with Crippen LogP contribution in [0, 0.1) is 0 Å². The maximum absolute atomic E-state index is 12.6. The lowest BCUT2D eigenvalue weighted by Gasteiger charge is -2.36. The molecule has 5 rings (SSSR count). The molecule has 0 spiro atoms. The van der Waals surface area contributed by atoms with E-state index in [1.165, 1.54) is 0 Å². The summed E-state index contributed by atoms with van der Waals surface area (Å²) in [6, 6.07) is 8.15. The Kier molecular flexibility index (Phi) is 7.29. The number of carbonyl (C=O) groups excluding carboxylic acids is 1. The van der Waals surface area contributed by atoms with Gasteiger partial charge in [-0.3, -0.25) is 24.9 Å². The van der Waals surface area contributed by atoms with E-state index in [0.717, 1.165) is 86.4 Å². The molecule has 0 radical (unpaired) electrons. The third-order valence-electron chi connectivity index (χ3n) is 7.42. The summed E-state index contributed by atoms with van der Waals surface area (Å²) in [5.74, 6) is -0.136. The summed E-state index contributed by atoms with van der Waals surface area (Å²) < 4.78 is 0. The van der Waals surface area contributed by atoms with E-state index in [2.05, 4.69) is 42.1 Å². The Balaban J connectivity index is 1.15. The van der Waals surface area contributed by atoms with E-state index in [9.17, 15) is 9.59 Å². The van der Waals surface area contributed by atoms with Gasteiger partial charge in [0.25, 0.3) is 11.5 Å². The number of piperazine rings is 1. The average Bonchev–Trinajstić information content (AvgIpc) is 3.36. The fourth-order valence-electron chi connectivity index (χ4n) is 5.24. The van der Waals surface area contributed by atoms with Crippen LogP contribution < -0.4 is 15.9 Å². The van der Waals surface area contributed by atoms with E-state index >= 15 is 0 Å². The van der Waals surface area contributed by atoms with Gasteiger partial charge in [-0.15, -0.1) is 0 Å². The summed E-state index contributed by atoms with van der Waals surface area (Å²) in [7, 11) is 0. The molecule has 0 aromatic carbocycles. The van der Waals surface area contributed by atoms with E-state index in [-0.39, 0.29) is 11.5 Å². The van der Waals surface area contributed by atoms with Crippen molar-refractivity contribution in [3.63, 3.8) is 0 Å². The third-order valence-corrected chi connectivity index (χ3v) is 7.42. The number of hydrogen-bond acceptors (Lipinski definition) is 7. The number of hydrazine groups is 1. The number of amides is 1. The number of aromatic nitrogens is 3. The quantitative estimate of drug-likeness (QED) is 0.527. The second-order valence-corrected chi connectivity index (χ2v) is 9.76. The second-order valence-electron chi connectivity index (χ2n) is 9.76. The van der Waals surface area contributed by atoms with Crippen LogP contribution in [0.4, 0.5) is 5.69 Å². The van der Waals surface area contributed by atoms with Gasteiger partial charge >= 0.3 is 0 Å². The highest BCUT2D eigenvalue weighted by atomic mass is 16.2. The number of nitrogens with one attached hydrogen (secondary N) is 2. The number of pyridine rings is 3. The van der Waals surface area contributed by atoms with Crippen molar-refractivity contribution in [3.05, 3.63) is 63.8 Å². The molecule has 190 valence electrons. The summed E-state index contributed by atoms with van der Waals surface area (Å²) in [4.78, 5) is 41.5. The van der Waals surface area contributed by atoms with Gasteiger partial charge in [-0.1, -0.05) is 13.8 Å². The molecule has 0 unspecified atom stereocenters. The Morgan fingerprint density at radius 1 is 1.08 bits per heavy atom. The van der Waals surface area contributed by atoms with Crippen molar-refractivity contribution in [2.45, 2.75) is 52.1 Å². The number of aromatic amines is 1. The van der Waals surface area contributed by atoms with Gasteiger partial charge < -0.3 is 9.88 Å². The maximum Gasteiger partial charge on any atom is 0.284 e. The number of H-pyrrole nitrogens is 1. The summed E-state index contributed by atoms with van der Waals surface area (Å²) in [6.45, 7) is 9.43. The van der Waals surface area contributed by atoms with Gasteiger partial charge in [0.15, 0.2) is 0 Å². The van der Waals surface area contributed by atoms with Crippen LogP contribution in [0.3, 0.4) is 0 Å². The highest BCUT2D eigenvalue weighted by Gasteiger charge is 2.25. The first-order valence-corrected chi connectivity index (χ1v) is 13.1. The SMILES string of the molecule is CCc1cc2ncc(CN3CCN(c4ccc(C(=O)NN5CCC[C@@H]5CC)nc4)CC3)cc2[nH]c1=O. The Labute approximate surface area is 211 Å². The normalized spacial score (nSPS) is 19.2. The van der Waals surface area contributed by atoms with Crippen molar-refractivity contribution in [3.8, 4) is 0 Å². The van der Waals surface area contributed by atoms with Gasteiger partial charge in [0.05, 0.1) is 22.9 Å². The molecule has 3 aromatic rings. The lowest BCUT2D eigenvalue weighted by molar-refractivity contribution is 0.0755. The number of hydrogen-bond donors (Lipinski definition) is 2. The summed E-state index contributed by atoms with van der Waals surface area (Å²) in [5.41, 5.74) is 7.96. The molecule has 2 fully saturated rings. The Hall–Kier alpha value is -3.30. The first-order chi connectivity index (χ1) is 17.5. The van der Waals surface area contributed by atoms with E-state index in [1.54, 1.807) is 6.20 Å². The zero-order chi connectivity index (χ0) is 25.1. The Bertz CT molecular complexity index is 1270. The minimum atomic E-state index is -0.136. The average molecular weight is 490 g/mol. The highest BCUT2D eigenvalue weighted by molar-refractivity contribution is 5.92. The van der Waals surface area contributed by atoms with E-state index in [1.807, 2.05) is 37.4 Å². The van der Waals surface area contributed by atoms with Gasteiger partial charge in [-0.2, -0.15) is 0 Å². The molecule has 0 aliphatic carbocycles. The maximum atomic E-state index is 12.6. The lowest BCUT2D eigenvalue weighted by Crippen LogP contribution is -2.46. The highest BCUT2D eigenvalue weighted by Crippen LogP contribution is 2.20. The van der Waals surface area contributed by atoms with Crippen LogP contribution in [0.1, 0.15) is 54.7 Å². The molecule has 0 bridgehead atoms. The number of aryl methyl sites for hydroxylation is 1. The van der Waals surface area contributed by atoms with E-state index in [0.29, 0.717) is 18.2 Å². The molecule has 1 amide bonds. The minimum absolute atomic E-state index is 0.0316. The van der Waals surface area contributed by atoms with Crippen molar-refractivity contribution in [2.24, 2.45) is 0 Å². The molecule has 2 aliphatic rings. The zero-order valence-electron chi connectivity index (χ0n) is 21.2. The van der Waals surface area contributed by atoms with Crippen LogP contribution in [0.15, 0.2) is 41.5 Å². The van der Waals surface area contributed by atoms with Crippen LogP contribution in [0.2, 0.25) is 0 Å². The molecule has 2 aliphatic heterocycles. The van der Waals surface area contributed by atoms with Crippen LogP contribution in [-0.4, -0.2) is 69.5 Å². The molecule has 0 saturated carbocycles. The van der Waals surface area contributed by atoms with Crippen molar-refractivity contribution >= 4 is 22.6 Å². The fraction of sp³-hybridized carbons (Fsp3) is 0.481. The number of rotatable bonds is 7. The first-order valence-electron chi connectivity index (χ1n) is 13.1. The molecule has 5 heterocycles. The van der Waals surface area contributed by atoms with Gasteiger partial charge in [0, 0.05) is 57.1 Å². The summed E-state index contributed by atoms with van der Waals surface area (Å²) in [6.07, 6.45) is 7.70. The molecule has 2 saturated heterocycles. The summed E-state index contributed by atoms with van der Waals surface area (Å²) in [5, 5.41) is 2.06. The predicted molar refractivity (Wildman–Crippen MR) is 141 cm³/mol. The third kappa shape index (κ3) is 5.27. The number of anilines is 1. The number of fused-ring (bicyclic) bond motifs is 1. The Morgan fingerprint density at radius 2 is 1.92 bits per heavy atom. The number of carbonyl (C=O) groups is 1. The predicted octanol–water partition coefficient (Wildman–Crippen LogP) is 2.72. The largest absolute Gasteiger partial charge is 0.368 e. The topological polar surface area (TPSA) is 97.5 Å². The molecule has 3 aromatic heterocycles. The van der Waals surface area contributed by atoms with Crippen molar-refractivity contribution in [1.82, 2.24) is 30.3 Å². The van der Waals surface area contributed by atoms with Crippen molar-refractivity contribution in [1.29, 1.82) is 0 Å². The van der Waals surface area contributed by atoms with Crippen molar-refractivity contribution in [2.75, 3.05) is 37.6 Å². The van der Waals surface area contributed by atoms with Crippen molar-refractivity contribution < 1.29 is 4.79 Å². The second kappa shape index (κ2) is 10.8. The standard InChI is InChI=1S/C27H35N7O2/c1-3-20-15-24-25(30-26(20)35)14-19(16-28-24)18-32-10-12-33(13-11-32)22-7-8-23(29-17-22)27(36)31-34-9-5-6-21(34)4-2/h7-8,14-17,21H,3-6,9-13,18H2,1-2H3,(H,30,35)(H,31,36)/t21-/m0/s1. The van der Waals surface area contributed by atoms with Gasteiger partial charge in [-0.25, -0.2) is 9.99 Å². The molecule has 36 heavy (non-hydrogen) atoms. The van der Waals surface area contributed by atoms with Crippen LogP contribution >= 0.6 is 0 Å². The molecule has 9 nitrogen and oxygen atoms in total. The minimum Gasteiger partial charge on any atom is -0.368 e. The summed E-state index contributed by atoms with van der Waals surface area (Å²) >= 11 is 0. The lowest BCUT2D eigenvalue weighted by atomic mass is 10.1. The molecule has 2 N–H and O–H groups in total. The van der Waals surface area contributed by atoms with Crippen LogP contribution in [0.25, 0.3) is 11.0 Å². The van der Waals surface area contributed by atoms with Crippen LogP contribution in [0.5, 0.6) is 0 Å². The molecular weight excluding hydrogens is 454 g/mol. The molecule has 9 heteroatoms. The molecular formula is C27H35N7O2. The Morgan fingerprint density at radius 3 is 2.64 bits per heavy atom. The number of nitrogens with zero attached hydrogens (tertiary/aromatic N) is 5. The monoisotopic (exact) mass is 489 g/mol. The van der Waals surface area contributed by atoms with Crippen LogP contribution in [-0.2, 0) is 13.0 Å². The smallest absolute Gasteiger partial charge is 0.284 e. The van der Waals surface area contributed by atoms with Gasteiger partial charge in [0.1, 0.15) is 5.69 Å². The fourth-order valence-corrected chi connectivity index (χ4v) is 5.24. The van der Waals surface area contributed by atoms with Gasteiger partial charge in [0.2, 0.25) is 0 Å². The zero-order valence-corrected chi connectivity index (χ0v) is 21.2.